The van der Waals surface area contributed by atoms with Crippen molar-refractivity contribution < 1.29 is 0 Å². The van der Waals surface area contributed by atoms with E-state index in [4.69, 9.17) is 0 Å². The lowest BCUT2D eigenvalue weighted by Gasteiger charge is -2.10. The van der Waals surface area contributed by atoms with E-state index in [-0.39, 0.29) is 24.0 Å². The Hall–Kier alpha value is -0.300. The number of nitrogens with zero attached hydrogens (tertiary/aromatic N) is 1. The van der Waals surface area contributed by atoms with Gasteiger partial charge in [-0.3, -0.25) is 0 Å². The fourth-order valence-electron chi connectivity index (χ4n) is 1.65. The highest BCUT2D eigenvalue weighted by Gasteiger charge is 1.97. The fraction of sp³-hybridized carbons (Fsp3) is 0.643. The monoisotopic (exact) mass is 395 g/mol. The molecule has 1 rings (SSSR count). The number of thiophene rings is 1. The first-order chi connectivity index (χ1) is 8.86. The van der Waals surface area contributed by atoms with Crippen LogP contribution in [0.3, 0.4) is 0 Å². The molecular weight excluding hydrogens is 369 g/mol. The second-order valence-electron chi connectivity index (χ2n) is 4.31. The van der Waals surface area contributed by atoms with Crippen molar-refractivity contribution in [3.63, 3.8) is 0 Å². The molecule has 0 radical (unpaired) electrons. The van der Waals surface area contributed by atoms with Crippen molar-refractivity contribution >= 4 is 41.3 Å². The van der Waals surface area contributed by atoms with E-state index in [1.807, 2.05) is 0 Å². The van der Waals surface area contributed by atoms with Crippen LogP contribution in [0.5, 0.6) is 0 Å². The van der Waals surface area contributed by atoms with Crippen LogP contribution in [0.1, 0.15) is 45.1 Å². The lowest BCUT2D eigenvalue weighted by atomic mass is 10.2. The summed E-state index contributed by atoms with van der Waals surface area (Å²) >= 11 is 1.72. The first-order valence-electron chi connectivity index (χ1n) is 6.90. The molecule has 0 spiro atoms. The molecule has 5 heteroatoms. The molecule has 0 saturated heterocycles. The number of nitrogens with one attached hydrogen (secondary N) is 2. The average Bonchev–Trinajstić information content (AvgIpc) is 2.88. The van der Waals surface area contributed by atoms with Gasteiger partial charge in [-0.15, -0.1) is 24.0 Å². The minimum Gasteiger partial charge on any atom is -0.357 e. The predicted octanol–water partition coefficient (Wildman–Crippen LogP) is 4.00. The first-order valence-corrected chi connectivity index (χ1v) is 7.84. The van der Waals surface area contributed by atoms with E-state index in [1.54, 1.807) is 11.3 Å². The number of halogens is 1. The molecule has 0 fully saturated rings. The summed E-state index contributed by atoms with van der Waals surface area (Å²) < 4.78 is 0. The fourth-order valence-corrected chi connectivity index (χ4v) is 2.31. The third-order valence-corrected chi connectivity index (χ3v) is 3.40. The zero-order valence-corrected chi connectivity index (χ0v) is 15.1. The van der Waals surface area contributed by atoms with Crippen molar-refractivity contribution in [3.8, 4) is 0 Å². The highest BCUT2D eigenvalue weighted by Crippen LogP contribution is 2.06. The van der Waals surface area contributed by atoms with Crippen LogP contribution in [0, 0.1) is 0 Å². The number of aliphatic imine (C=N–C) groups is 1. The molecule has 0 aliphatic heterocycles. The van der Waals surface area contributed by atoms with Gasteiger partial charge in [-0.05, 0) is 35.7 Å². The van der Waals surface area contributed by atoms with Crippen molar-refractivity contribution in [2.75, 3.05) is 13.1 Å². The van der Waals surface area contributed by atoms with Gasteiger partial charge in [0.15, 0.2) is 5.96 Å². The summed E-state index contributed by atoms with van der Waals surface area (Å²) in [6.07, 6.45) is 5.13. The molecular formula is C14H26IN3S. The maximum absolute atomic E-state index is 4.57. The van der Waals surface area contributed by atoms with E-state index < -0.39 is 0 Å². The molecule has 0 bridgehead atoms. The first kappa shape index (κ1) is 18.7. The number of hydrogen-bond donors (Lipinski definition) is 2. The van der Waals surface area contributed by atoms with Crippen LogP contribution < -0.4 is 10.6 Å². The summed E-state index contributed by atoms with van der Waals surface area (Å²) in [7, 11) is 0. The van der Waals surface area contributed by atoms with Crippen molar-refractivity contribution in [2.24, 2.45) is 4.99 Å². The standard InChI is InChI=1S/C14H25N3S.HI/c1-3-5-6-7-9-16-14(15-4-2)17-11-13-8-10-18-12-13;/h8,10,12H,3-7,9,11H2,1-2H3,(H2,15,16,17);1H. The number of guanidine groups is 1. The zero-order valence-electron chi connectivity index (χ0n) is 11.9. The van der Waals surface area contributed by atoms with Crippen LogP contribution in [0.25, 0.3) is 0 Å². The lowest BCUT2D eigenvalue weighted by molar-refractivity contribution is 0.647. The van der Waals surface area contributed by atoms with Crippen LogP contribution in [0.2, 0.25) is 0 Å². The second kappa shape index (κ2) is 12.7. The highest BCUT2D eigenvalue weighted by molar-refractivity contribution is 14.0. The molecule has 0 saturated carbocycles. The molecule has 0 amide bonds. The highest BCUT2D eigenvalue weighted by atomic mass is 127. The molecule has 1 aromatic heterocycles. The second-order valence-corrected chi connectivity index (χ2v) is 5.09. The summed E-state index contributed by atoms with van der Waals surface area (Å²) in [6.45, 7) is 7.01. The van der Waals surface area contributed by atoms with Crippen LogP contribution in [-0.2, 0) is 6.54 Å². The van der Waals surface area contributed by atoms with Crippen LogP contribution in [0.15, 0.2) is 21.8 Å². The van der Waals surface area contributed by atoms with Gasteiger partial charge >= 0.3 is 0 Å². The van der Waals surface area contributed by atoms with Crippen molar-refractivity contribution in [2.45, 2.75) is 46.1 Å². The van der Waals surface area contributed by atoms with E-state index in [1.165, 1.54) is 31.2 Å². The Morgan fingerprint density at radius 2 is 2.05 bits per heavy atom. The molecule has 0 aliphatic rings. The average molecular weight is 395 g/mol. The van der Waals surface area contributed by atoms with Gasteiger partial charge in [-0.25, -0.2) is 4.99 Å². The van der Waals surface area contributed by atoms with Crippen LogP contribution in [0.4, 0.5) is 0 Å². The van der Waals surface area contributed by atoms with Gasteiger partial charge in [0.2, 0.25) is 0 Å². The van der Waals surface area contributed by atoms with E-state index in [0.717, 1.165) is 25.6 Å². The number of unbranched alkanes of at least 4 members (excludes halogenated alkanes) is 3. The predicted molar refractivity (Wildman–Crippen MR) is 96.7 cm³/mol. The summed E-state index contributed by atoms with van der Waals surface area (Å²) in [5.74, 6) is 0.931. The van der Waals surface area contributed by atoms with Gasteiger partial charge in [0, 0.05) is 13.1 Å². The maximum atomic E-state index is 4.57. The van der Waals surface area contributed by atoms with E-state index in [9.17, 15) is 0 Å². The third kappa shape index (κ3) is 9.27. The maximum Gasteiger partial charge on any atom is 0.191 e. The molecule has 2 N–H and O–H groups in total. The van der Waals surface area contributed by atoms with Gasteiger partial charge in [-0.1, -0.05) is 26.2 Å². The molecule has 0 aromatic carbocycles. The van der Waals surface area contributed by atoms with Crippen molar-refractivity contribution in [3.05, 3.63) is 22.4 Å². The van der Waals surface area contributed by atoms with Gasteiger partial charge in [-0.2, -0.15) is 11.3 Å². The minimum atomic E-state index is 0. The van der Waals surface area contributed by atoms with E-state index >= 15 is 0 Å². The molecule has 3 nitrogen and oxygen atoms in total. The molecule has 0 unspecified atom stereocenters. The molecule has 1 aromatic rings. The van der Waals surface area contributed by atoms with Gasteiger partial charge in [0.1, 0.15) is 0 Å². The Morgan fingerprint density at radius 3 is 2.68 bits per heavy atom. The molecule has 19 heavy (non-hydrogen) atoms. The summed E-state index contributed by atoms with van der Waals surface area (Å²) in [6, 6.07) is 2.12. The topological polar surface area (TPSA) is 36.4 Å². The lowest BCUT2D eigenvalue weighted by Crippen LogP contribution is -2.37. The smallest absolute Gasteiger partial charge is 0.191 e. The molecule has 0 aliphatic carbocycles. The van der Waals surface area contributed by atoms with Gasteiger partial charge in [0.05, 0.1) is 6.54 Å². The Labute approximate surface area is 138 Å². The Kier molecular flexibility index (Phi) is 12.5. The van der Waals surface area contributed by atoms with E-state index in [2.05, 4.69) is 46.3 Å². The number of rotatable bonds is 8. The largest absolute Gasteiger partial charge is 0.357 e. The van der Waals surface area contributed by atoms with Crippen molar-refractivity contribution in [1.29, 1.82) is 0 Å². The molecule has 1 heterocycles. The number of hydrogen-bond acceptors (Lipinski definition) is 2. The van der Waals surface area contributed by atoms with Gasteiger partial charge < -0.3 is 10.6 Å². The van der Waals surface area contributed by atoms with Crippen LogP contribution >= 0.6 is 35.3 Å². The Morgan fingerprint density at radius 1 is 1.21 bits per heavy atom. The Balaban J connectivity index is 0.00000324. The molecule has 110 valence electrons. The van der Waals surface area contributed by atoms with Crippen molar-refractivity contribution in [1.82, 2.24) is 10.6 Å². The quantitative estimate of drug-likeness (QED) is 0.302. The SMILES string of the molecule is CCCCCCNC(=NCc1ccsc1)NCC.I. The van der Waals surface area contributed by atoms with Crippen LogP contribution in [-0.4, -0.2) is 19.0 Å². The third-order valence-electron chi connectivity index (χ3n) is 2.67. The van der Waals surface area contributed by atoms with E-state index in [0.29, 0.717) is 0 Å². The van der Waals surface area contributed by atoms with Gasteiger partial charge in [0.25, 0.3) is 0 Å². The normalized spacial score (nSPS) is 10.9. The molecule has 0 atom stereocenters. The zero-order chi connectivity index (χ0) is 13.1. The summed E-state index contributed by atoms with van der Waals surface area (Å²) in [5, 5.41) is 10.9. The summed E-state index contributed by atoms with van der Waals surface area (Å²) in [5.41, 5.74) is 1.28. The minimum absolute atomic E-state index is 0. The Bertz CT molecular complexity index is 325. The summed E-state index contributed by atoms with van der Waals surface area (Å²) in [4.78, 5) is 4.57.